The minimum atomic E-state index is -0.553. The van der Waals surface area contributed by atoms with Gasteiger partial charge in [-0.2, -0.15) is 0 Å². The molecule has 0 unspecified atom stereocenters. The van der Waals surface area contributed by atoms with Crippen LogP contribution in [0, 0.1) is 11.6 Å². The molecule has 100 valence electrons. The zero-order valence-corrected chi connectivity index (χ0v) is 10.8. The lowest BCUT2D eigenvalue weighted by Crippen LogP contribution is -1.99. The standard InChI is InChI=1S/C13H11ClF2N2O/c1-19-13-6-12(11(17)5-10(13)16)18-7-2-3-9(15)8(14)4-7/h2-6,18H,17H2,1H3. The summed E-state index contributed by atoms with van der Waals surface area (Å²) < 4.78 is 31.3. The number of ether oxygens (including phenoxy) is 1. The first-order chi connectivity index (χ1) is 9.01. The van der Waals surface area contributed by atoms with Crippen molar-refractivity contribution in [2.75, 3.05) is 18.2 Å². The molecular formula is C13H11ClF2N2O. The number of hydrogen-bond acceptors (Lipinski definition) is 3. The lowest BCUT2D eigenvalue weighted by molar-refractivity contribution is 0.387. The van der Waals surface area contributed by atoms with Crippen molar-refractivity contribution in [2.24, 2.45) is 0 Å². The Labute approximate surface area is 113 Å². The Morgan fingerprint density at radius 1 is 1.16 bits per heavy atom. The summed E-state index contributed by atoms with van der Waals surface area (Å²) in [6.07, 6.45) is 0. The number of halogens is 3. The Morgan fingerprint density at radius 2 is 1.89 bits per heavy atom. The van der Waals surface area contributed by atoms with Crippen molar-refractivity contribution >= 4 is 28.7 Å². The van der Waals surface area contributed by atoms with Gasteiger partial charge in [0.1, 0.15) is 5.82 Å². The molecule has 0 amide bonds. The fourth-order valence-electron chi connectivity index (χ4n) is 1.56. The quantitative estimate of drug-likeness (QED) is 0.839. The van der Waals surface area contributed by atoms with E-state index in [9.17, 15) is 8.78 Å². The summed E-state index contributed by atoms with van der Waals surface area (Å²) in [6.45, 7) is 0. The molecule has 3 nitrogen and oxygen atoms in total. The summed E-state index contributed by atoms with van der Waals surface area (Å²) in [5.41, 5.74) is 6.88. The van der Waals surface area contributed by atoms with Gasteiger partial charge in [-0.15, -0.1) is 0 Å². The summed E-state index contributed by atoms with van der Waals surface area (Å²) >= 11 is 5.67. The molecule has 0 spiro atoms. The molecule has 6 heteroatoms. The minimum absolute atomic E-state index is 0.0161. The van der Waals surface area contributed by atoms with Crippen LogP contribution in [-0.2, 0) is 0 Å². The third-order valence-electron chi connectivity index (χ3n) is 2.52. The number of nitrogen functional groups attached to an aromatic ring is 1. The van der Waals surface area contributed by atoms with Crippen molar-refractivity contribution in [3.8, 4) is 5.75 Å². The molecule has 19 heavy (non-hydrogen) atoms. The topological polar surface area (TPSA) is 47.3 Å². The minimum Gasteiger partial charge on any atom is -0.494 e. The maximum Gasteiger partial charge on any atom is 0.167 e. The van der Waals surface area contributed by atoms with E-state index in [2.05, 4.69) is 5.32 Å². The van der Waals surface area contributed by atoms with Gasteiger partial charge in [-0.05, 0) is 18.2 Å². The molecule has 0 atom stereocenters. The van der Waals surface area contributed by atoms with E-state index in [1.807, 2.05) is 0 Å². The second-order valence-corrected chi connectivity index (χ2v) is 4.24. The van der Waals surface area contributed by atoms with Gasteiger partial charge in [0.2, 0.25) is 0 Å². The predicted octanol–water partition coefficient (Wildman–Crippen LogP) is 3.95. The van der Waals surface area contributed by atoms with E-state index < -0.39 is 11.6 Å². The van der Waals surface area contributed by atoms with E-state index >= 15 is 0 Å². The normalized spacial score (nSPS) is 10.3. The lowest BCUT2D eigenvalue weighted by Gasteiger charge is -2.12. The number of nitrogens with one attached hydrogen (secondary N) is 1. The number of benzene rings is 2. The maximum atomic E-state index is 13.4. The van der Waals surface area contributed by atoms with Crippen molar-refractivity contribution in [1.82, 2.24) is 0 Å². The molecule has 2 aromatic carbocycles. The van der Waals surface area contributed by atoms with Crippen molar-refractivity contribution in [3.63, 3.8) is 0 Å². The number of anilines is 3. The van der Waals surface area contributed by atoms with E-state index in [-0.39, 0.29) is 16.5 Å². The fraction of sp³-hybridized carbons (Fsp3) is 0.0769. The van der Waals surface area contributed by atoms with Gasteiger partial charge >= 0.3 is 0 Å². The predicted molar refractivity (Wildman–Crippen MR) is 72.1 cm³/mol. The Morgan fingerprint density at radius 3 is 2.53 bits per heavy atom. The van der Waals surface area contributed by atoms with Gasteiger partial charge in [-0.25, -0.2) is 8.78 Å². The highest BCUT2D eigenvalue weighted by Gasteiger charge is 2.09. The molecule has 2 aromatic rings. The summed E-state index contributed by atoms with van der Waals surface area (Å²) in [7, 11) is 1.35. The Kier molecular flexibility index (Phi) is 3.76. The van der Waals surface area contributed by atoms with Gasteiger partial charge in [0.25, 0.3) is 0 Å². The summed E-state index contributed by atoms with van der Waals surface area (Å²) in [4.78, 5) is 0. The second kappa shape index (κ2) is 5.32. The second-order valence-electron chi connectivity index (χ2n) is 3.83. The first kappa shape index (κ1) is 13.4. The van der Waals surface area contributed by atoms with Gasteiger partial charge in [-0.1, -0.05) is 11.6 Å². The highest BCUT2D eigenvalue weighted by molar-refractivity contribution is 6.31. The molecular weight excluding hydrogens is 274 g/mol. The summed E-state index contributed by atoms with van der Waals surface area (Å²) in [5, 5.41) is 2.90. The molecule has 3 N–H and O–H groups in total. The van der Waals surface area contributed by atoms with E-state index in [1.165, 1.54) is 31.4 Å². The molecule has 0 bridgehead atoms. The Hall–Kier alpha value is -2.01. The molecule has 0 fully saturated rings. The van der Waals surface area contributed by atoms with Crippen molar-refractivity contribution in [1.29, 1.82) is 0 Å². The monoisotopic (exact) mass is 284 g/mol. The Bertz CT molecular complexity index is 620. The SMILES string of the molecule is COc1cc(Nc2ccc(F)c(Cl)c2)c(N)cc1F. The van der Waals surface area contributed by atoms with Gasteiger partial charge in [0.15, 0.2) is 11.6 Å². The highest BCUT2D eigenvalue weighted by Crippen LogP contribution is 2.31. The van der Waals surface area contributed by atoms with Crippen LogP contribution >= 0.6 is 11.6 Å². The van der Waals surface area contributed by atoms with E-state index in [0.717, 1.165) is 6.07 Å². The van der Waals surface area contributed by atoms with Gasteiger partial charge in [-0.3, -0.25) is 0 Å². The highest BCUT2D eigenvalue weighted by atomic mass is 35.5. The first-order valence-corrected chi connectivity index (χ1v) is 5.74. The van der Waals surface area contributed by atoms with Crippen molar-refractivity contribution in [3.05, 3.63) is 47.0 Å². The van der Waals surface area contributed by atoms with Crippen LogP contribution in [0.2, 0.25) is 5.02 Å². The van der Waals surface area contributed by atoms with Gasteiger partial charge in [0, 0.05) is 17.8 Å². The van der Waals surface area contributed by atoms with Crippen LogP contribution < -0.4 is 15.8 Å². The number of nitrogens with two attached hydrogens (primary N) is 1. The van der Waals surface area contributed by atoms with E-state index in [0.29, 0.717) is 11.4 Å². The number of rotatable bonds is 3. The largest absolute Gasteiger partial charge is 0.494 e. The third-order valence-corrected chi connectivity index (χ3v) is 2.81. The zero-order valence-electron chi connectivity index (χ0n) is 10.0. The van der Waals surface area contributed by atoms with Crippen LogP contribution in [0.4, 0.5) is 25.8 Å². The van der Waals surface area contributed by atoms with Crippen LogP contribution in [0.25, 0.3) is 0 Å². The smallest absolute Gasteiger partial charge is 0.167 e. The summed E-state index contributed by atoms with van der Waals surface area (Å²) in [5.74, 6) is -1.01. The van der Waals surface area contributed by atoms with Gasteiger partial charge in [0.05, 0.1) is 23.5 Å². The maximum absolute atomic E-state index is 13.4. The third kappa shape index (κ3) is 2.88. The first-order valence-electron chi connectivity index (χ1n) is 5.36. The summed E-state index contributed by atoms with van der Waals surface area (Å²) in [6, 6.07) is 6.69. The number of methoxy groups -OCH3 is 1. The average Bonchev–Trinajstić information content (AvgIpc) is 2.37. The fourth-order valence-corrected chi connectivity index (χ4v) is 1.74. The molecule has 0 aliphatic rings. The van der Waals surface area contributed by atoms with Crippen LogP contribution in [-0.4, -0.2) is 7.11 Å². The Balaban J connectivity index is 2.34. The lowest BCUT2D eigenvalue weighted by atomic mass is 10.2. The molecule has 0 radical (unpaired) electrons. The molecule has 0 aromatic heterocycles. The van der Waals surface area contributed by atoms with Crippen molar-refractivity contribution in [2.45, 2.75) is 0 Å². The number of hydrogen-bond donors (Lipinski definition) is 2. The molecule has 0 saturated carbocycles. The average molecular weight is 285 g/mol. The molecule has 0 heterocycles. The molecule has 2 rings (SSSR count). The van der Waals surface area contributed by atoms with E-state index in [1.54, 1.807) is 0 Å². The van der Waals surface area contributed by atoms with Crippen LogP contribution in [0.5, 0.6) is 5.75 Å². The van der Waals surface area contributed by atoms with Crippen LogP contribution in [0.1, 0.15) is 0 Å². The molecule has 0 saturated heterocycles. The van der Waals surface area contributed by atoms with E-state index in [4.69, 9.17) is 22.1 Å². The van der Waals surface area contributed by atoms with Gasteiger partial charge < -0.3 is 15.8 Å². The molecule has 0 aliphatic heterocycles. The molecule has 0 aliphatic carbocycles. The van der Waals surface area contributed by atoms with Crippen LogP contribution in [0.3, 0.4) is 0 Å². The zero-order chi connectivity index (χ0) is 14.0. The van der Waals surface area contributed by atoms with Crippen LogP contribution in [0.15, 0.2) is 30.3 Å². The van der Waals surface area contributed by atoms with Crippen molar-refractivity contribution < 1.29 is 13.5 Å².